The highest BCUT2D eigenvalue weighted by Crippen LogP contribution is 2.27. The Hall–Kier alpha value is -2.30. The van der Waals surface area contributed by atoms with E-state index in [-0.39, 0.29) is 5.63 Å². The minimum Gasteiger partial charge on any atom is -0.497 e. The van der Waals surface area contributed by atoms with Gasteiger partial charge in [0.15, 0.2) is 0 Å². The summed E-state index contributed by atoms with van der Waals surface area (Å²) in [6.45, 7) is 3.37. The average molecular weight is 372 g/mol. The first-order valence-corrected chi connectivity index (χ1v) is 8.94. The Bertz CT molecular complexity index is 981. The molecular weight excluding hydrogens is 350 g/mol. The summed E-state index contributed by atoms with van der Waals surface area (Å²) in [7, 11) is 3.68. The summed E-state index contributed by atoms with van der Waals surface area (Å²) < 4.78 is 10.7. The van der Waals surface area contributed by atoms with E-state index in [1.807, 2.05) is 44.3 Å². The van der Waals surface area contributed by atoms with Gasteiger partial charge in [0.05, 0.1) is 7.11 Å². The lowest BCUT2D eigenvalue weighted by Gasteiger charge is -2.18. The summed E-state index contributed by atoms with van der Waals surface area (Å²) in [5, 5.41) is 1.58. The summed E-state index contributed by atoms with van der Waals surface area (Å²) in [5.41, 5.74) is 3.27. The van der Waals surface area contributed by atoms with E-state index in [1.165, 1.54) is 0 Å². The third-order valence-electron chi connectivity index (χ3n) is 4.40. The number of hydrogen-bond donors (Lipinski definition) is 0. The molecule has 1 heterocycles. The second kappa shape index (κ2) is 7.94. The van der Waals surface area contributed by atoms with Gasteiger partial charge in [-0.25, -0.2) is 4.79 Å². The molecular formula is C21H22ClNO3. The van der Waals surface area contributed by atoms with Crippen molar-refractivity contribution in [3.8, 4) is 5.75 Å². The van der Waals surface area contributed by atoms with E-state index in [4.69, 9.17) is 20.8 Å². The number of fused-ring (bicyclic) bond motifs is 1. The molecule has 4 nitrogen and oxygen atoms in total. The highest BCUT2D eigenvalue weighted by atomic mass is 35.5. The predicted octanol–water partition coefficient (Wildman–Crippen LogP) is 4.65. The van der Waals surface area contributed by atoms with Crippen molar-refractivity contribution in [3.05, 3.63) is 74.6 Å². The molecule has 0 saturated carbocycles. The zero-order valence-corrected chi connectivity index (χ0v) is 16.0. The van der Waals surface area contributed by atoms with Crippen LogP contribution in [0.2, 0.25) is 5.02 Å². The third-order valence-corrected chi connectivity index (χ3v) is 4.76. The molecule has 5 heteroatoms. The molecule has 0 atom stereocenters. The molecule has 136 valence electrons. The molecule has 0 amide bonds. The van der Waals surface area contributed by atoms with Gasteiger partial charge in [-0.15, -0.1) is 0 Å². The molecule has 3 rings (SSSR count). The average Bonchev–Trinajstić information content (AvgIpc) is 2.61. The minimum atomic E-state index is -0.341. The van der Waals surface area contributed by atoms with Crippen LogP contribution >= 0.6 is 11.6 Å². The molecule has 1 aromatic heterocycles. The minimum absolute atomic E-state index is 0.341. The van der Waals surface area contributed by atoms with E-state index >= 15 is 0 Å². The Balaban J connectivity index is 1.89. The summed E-state index contributed by atoms with van der Waals surface area (Å²) in [6, 6.07) is 13.3. The zero-order chi connectivity index (χ0) is 18.7. The lowest BCUT2D eigenvalue weighted by molar-refractivity contribution is 0.318. The molecule has 0 spiro atoms. The zero-order valence-electron chi connectivity index (χ0n) is 15.2. The van der Waals surface area contributed by atoms with Crippen LogP contribution in [0.25, 0.3) is 11.0 Å². The first-order valence-electron chi connectivity index (χ1n) is 8.56. The van der Waals surface area contributed by atoms with Gasteiger partial charge in [-0.05, 0) is 54.4 Å². The maximum atomic E-state index is 12.0. The van der Waals surface area contributed by atoms with Crippen molar-refractivity contribution in [1.82, 2.24) is 4.90 Å². The summed E-state index contributed by atoms with van der Waals surface area (Å²) in [4.78, 5) is 14.1. The molecule has 0 saturated heterocycles. The molecule has 0 aliphatic carbocycles. The van der Waals surface area contributed by atoms with Crippen LogP contribution in [-0.4, -0.2) is 19.1 Å². The fraction of sp³-hybridized carbons (Fsp3) is 0.286. The maximum absolute atomic E-state index is 12.0. The van der Waals surface area contributed by atoms with Crippen LogP contribution in [0.4, 0.5) is 0 Å². The van der Waals surface area contributed by atoms with E-state index in [0.29, 0.717) is 17.2 Å². The van der Waals surface area contributed by atoms with Gasteiger partial charge in [0.2, 0.25) is 0 Å². The number of methoxy groups -OCH3 is 1. The molecule has 0 bridgehead atoms. The molecule has 26 heavy (non-hydrogen) atoms. The Morgan fingerprint density at radius 1 is 1.12 bits per heavy atom. The van der Waals surface area contributed by atoms with E-state index in [1.54, 1.807) is 13.2 Å². The summed E-state index contributed by atoms with van der Waals surface area (Å²) in [5.74, 6) is 0.834. The molecule has 3 aromatic rings. The van der Waals surface area contributed by atoms with Gasteiger partial charge < -0.3 is 9.15 Å². The van der Waals surface area contributed by atoms with Gasteiger partial charge in [0.1, 0.15) is 11.3 Å². The van der Waals surface area contributed by atoms with Crippen LogP contribution in [0.3, 0.4) is 0 Å². The molecule has 0 radical (unpaired) electrons. The van der Waals surface area contributed by atoms with Crippen LogP contribution in [0, 0.1) is 0 Å². The first kappa shape index (κ1) is 18.5. The SMILES string of the molecule is CCc1cc2oc(=O)cc(CN(C)Cc3cccc(OC)c3)c2cc1Cl. The first-order chi connectivity index (χ1) is 12.5. The number of halogens is 1. The topological polar surface area (TPSA) is 42.7 Å². The molecule has 0 aliphatic heterocycles. The normalized spacial score (nSPS) is 11.3. The quantitative estimate of drug-likeness (QED) is 0.591. The maximum Gasteiger partial charge on any atom is 0.336 e. The highest BCUT2D eigenvalue weighted by molar-refractivity contribution is 6.32. The van der Waals surface area contributed by atoms with E-state index in [9.17, 15) is 4.79 Å². The van der Waals surface area contributed by atoms with Crippen molar-refractivity contribution >= 4 is 22.6 Å². The number of benzene rings is 2. The van der Waals surface area contributed by atoms with E-state index in [0.717, 1.165) is 40.8 Å². The fourth-order valence-electron chi connectivity index (χ4n) is 3.12. The van der Waals surface area contributed by atoms with Gasteiger partial charge >= 0.3 is 5.63 Å². The fourth-order valence-corrected chi connectivity index (χ4v) is 3.42. The number of nitrogens with zero attached hydrogens (tertiary/aromatic N) is 1. The molecule has 0 unspecified atom stereocenters. The van der Waals surface area contributed by atoms with Gasteiger partial charge in [0.25, 0.3) is 0 Å². The van der Waals surface area contributed by atoms with Crippen LogP contribution in [-0.2, 0) is 19.5 Å². The third kappa shape index (κ3) is 4.09. The number of hydrogen-bond acceptors (Lipinski definition) is 4. The van der Waals surface area contributed by atoms with Crippen molar-refractivity contribution in [2.24, 2.45) is 0 Å². The van der Waals surface area contributed by atoms with Crippen molar-refractivity contribution in [3.63, 3.8) is 0 Å². The van der Waals surface area contributed by atoms with Crippen molar-refractivity contribution in [2.45, 2.75) is 26.4 Å². The van der Waals surface area contributed by atoms with Crippen LogP contribution < -0.4 is 10.4 Å². The lowest BCUT2D eigenvalue weighted by Crippen LogP contribution is -2.18. The van der Waals surface area contributed by atoms with Crippen molar-refractivity contribution < 1.29 is 9.15 Å². The monoisotopic (exact) mass is 371 g/mol. The summed E-state index contributed by atoms with van der Waals surface area (Å²) >= 11 is 6.37. The van der Waals surface area contributed by atoms with E-state index in [2.05, 4.69) is 11.0 Å². The van der Waals surface area contributed by atoms with Crippen molar-refractivity contribution in [1.29, 1.82) is 0 Å². The van der Waals surface area contributed by atoms with Gasteiger partial charge in [-0.2, -0.15) is 0 Å². The Labute approximate surface area is 158 Å². The number of aryl methyl sites for hydroxylation is 1. The smallest absolute Gasteiger partial charge is 0.336 e. The molecule has 0 fully saturated rings. The molecule has 2 aromatic carbocycles. The van der Waals surface area contributed by atoms with Crippen LogP contribution in [0.1, 0.15) is 23.6 Å². The van der Waals surface area contributed by atoms with Crippen LogP contribution in [0.5, 0.6) is 5.75 Å². The Morgan fingerprint density at radius 3 is 2.65 bits per heavy atom. The number of rotatable bonds is 6. The largest absolute Gasteiger partial charge is 0.497 e. The summed E-state index contributed by atoms with van der Waals surface area (Å²) in [6.07, 6.45) is 0.790. The van der Waals surface area contributed by atoms with Gasteiger partial charge in [-0.1, -0.05) is 30.7 Å². The van der Waals surface area contributed by atoms with E-state index < -0.39 is 0 Å². The van der Waals surface area contributed by atoms with Gasteiger partial charge in [-0.3, -0.25) is 4.90 Å². The molecule has 0 aliphatic rings. The molecule has 0 N–H and O–H groups in total. The Kier molecular flexibility index (Phi) is 5.64. The second-order valence-corrected chi connectivity index (χ2v) is 6.82. The number of ether oxygens (including phenoxy) is 1. The van der Waals surface area contributed by atoms with Crippen molar-refractivity contribution in [2.75, 3.05) is 14.2 Å². The second-order valence-electron chi connectivity index (χ2n) is 6.41. The van der Waals surface area contributed by atoms with Gasteiger partial charge in [0, 0.05) is 29.6 Å². The predicted molar refractivity (Wildman–Crippen MR) is 105 cm³/mol. The lowest BCUT2D eigenvalue weighted by atomic mass is 10.1. The highest BCUT2D eigenvalue weighted by Gasteiger charge is 2.12. The Morgan fingerprint density at radius 2 is 1.92 bits per heavy atom. The van der Waals surface area contributed by atoms with Crippen LogP contribution in [0.15, 0.2) is 51.7 Å². The standard InChI is InChI=1S/C21H22ClNO3/c1-4-15-9-20-18(11-19(15)22)16(10-21(24)26-20)13-23(2)12-14-6-5-7-17(8-14)25-3/h5-11H,4,12-13H2,1-3H3.